The topological polar surface area (TPSA) is 116 Å². The number of aryl methyl sites for hydroxylation is 1. The molecule has 0 unspecified atom stereocenters. The Labute approximate surface area is 198 Å². The molecule has 0 aliphatic rings. The van der Waals surface area contributed by atoms with Crippen LogP contribution in [0.5, 0.6) is 0 Å². The van der Waals surface area contributed by atoms with Crippen molar-refractivity contribution in [2.75, 3.05) is 21.3 Å². The standard InChI is InChI=1S/C26H26N6O2/c1-18-12-21(14-22(13-18)31-26(33)34)30-24-23(27)25(29-17-28-24)32(15-19-8-4-2-5-9-19)16-20-10-6-3-7-11-20/h2-14,17,31H,15-16,27H2,1H3,(H,33,34)(H,28,29,30). The van der Waals surface area contributed by atoms with Gasteiger partial charge in [-0.05, 0) is 41.8 Å². The molecule has 0 saturated heterocycles. The molecule has 1 heterocycles. The number of aromatic nitrogens is 2. The average molecular weight is 455 g/mol. The number of nitrogens with two attached hydrogens (primary N) is 1. The van der Waals surface area contributed by atoms with E-state index in [1.165, 1.54) is 6.33 Å². The Kier molecular flexibility index (Phi) is 6.88. The van der Waals surface area contributed by atoms with Crippen LogP contribution in [0.25, 0.3) is 0 Å². The van der Waals surface area contributed by atoms with Crippen LogP contribution in [-0.4, -0.2) is 21.2 Å². The number of nitrogen functional groups attached to an aromatic ring is 1. The third-order valence-corrected chi connectivity index (χ3v) is 5.19. The van der Waals surface area contributed by atoms with E-state index in [-0.39, 0.29) is 0 Å². The summed E-state index contributed by atoms with van der Waals surface area (Å²) in [5.41, 5.74) is 11.2. The van der Waals surface area contributed by atoms with Crippen molar-refractivity contribution in [1.82, 2.24) is 9.97 Å². The summed E-state index contributed by atoms with van der Waals surface area (Å²) < 4.78 is 0. The number of nitrogens with zero attached hydrogens (tertiary/aromatic N) is 3. The van der Waals surface area contributed by atoms with Crippen molar-refractivity contribution in [1.29, 1.82) is 0 Å². The Morgan fingerprint density at radius 3 is 2.09 bits per heavy atom. The van der Waals surface area contributed by atoms with E-state index >= 15 is 0 Å². The molecule has 0 bridgehead atoms. The first-order valence-corrected chi connectivity index (χ1v) is 10.8. The summed E-state index contributed by atoms with van der Waals surface area (Å²) >= 11 is 0. The van der Waals surface area contributed by atoms with Gasteiger partial charge >= 0.3 is 6.09 Å². The van der Waals surface area contributed by atoms with Gasteiger partial charge in [0.1, 0.15) is 12.0 Å². The lowest BCUT2D eigenvalue weighted by molar-refractivity contribution is 0.210. The van der Waals surface area contributed by atoms with Crippen molar-refractivity contribution in [2.24, 2.45) is 0 Å². The van der Waals surface area contributed by atoms with Crippen LogP contribution < -0.4 is 21.3 Å². The summed E-state index contributed by atoms with van der Waals surface area (Å²) in [5, 5.41) is 14.6. The van der Waals surface area contributed by atoms with Gasteiger partial charge in [-0.25, -0.2) is 14.8 Å². The van der Waals surface area contributed by atoms with E-state index in [4.69, 9.17) is 10.8 Å². The van der Waals surface area contributed by atoms with Crippen LogP contribution in [-0.2, 0) is 13.1 Å². The highest BCUT2D eigenvalue weighted by Gasteiger charge is 2.17. The maximum atomic E-state index is 11.0. The van der Waals surface area contributed by atoms with Gasteiger partial charge in [0.2, 0.25) is 0 Å². The fourth-order valence-corrected chi connectivity index (χ4v) is 3.74. The van der Waals surface area contributed by atoms with Crippen molar-refractivity contribution in [3.8, 4) is 0 Å². The van der Waals surface area contributed by atoms with Gasteiger partial charge in [0.25, 0.3) is 0 Å². The Morgan fingerprint density at radius 1 is 0.912 bits per heavy atom. The summed E-state index contributed by atoms with van der Waals surface area (Å²) in [6.07, 6.45) is 0.348. The first-order valence-electron chi connectivity index (χ1n) is 10.8. The second kappa shape index (κ2) is 10.4. The van der Waals surface area contributed by atoms with Crippen LogP contribution in [0.4, 0.5) is 33.5 Å². The SMILES string of the molecule is Cc1cc(NC(=O)O)cc(Nc2ncnc(N(Cc3ccccc3)Cc3ccccc3)c2N)c1. The lowest BCUT2D eigenvalue weighted by atomic mass is 10.1. The van der Waals surface area contributed by atoms with Gasteiger partial charge in [0.15, 0.2) is 11.6 Å². The average Bonchev–Trinajstić information content (AvgIpc) is 2.81. The van der Waals surface area contributed by atoms with Crippen molar-refractivity contribution in [3.05, 3.63) is 102 Å². The Morgan fingerprint density at radius 2 is 1.50 bits per heavy atom. The molecule has 172 valence electrons. The summed E-state index contributed by atoms with van der Waals surface area (Å²) in [5.74, 6) is 1.06. The minimum absolute atomic E-state index is 0.406. The summed E-state index contributed by atoms with van der Waals surface area (Å²) in [4.78, 5) is 22.0. The highest BCUT2D eigenvalue weighted by molar-refractivity contribution is 5.85. The summed E-state index contributed by atoms with van der Waals surface area (Å²) in [6, 6.07) is 25.6. The Bertz CT molecular complexity index is 1220. The van der Waals surface area contributed by atoms with Crippen LogP contribution in [0.2, 0.25) is 0 Å². The second-order valence-electron chi connectivity index (χ2n) is 7.93. The van der Waals surface area contributed by atoms with Crippen LogP contribution in [0, 0.1) is 6.92 Å². The van der Waals surface area contributed by atoms with Gasteiger partial charge in [0.05, 0.1) is 0 Å². The highest BCUT2D eigenvalue weighted by Crippen LogP contribution is 2.31. The predicted octanol–water partition coefficient (Wildman–Crippen LogP) is 5.41. The zero-order chi connectivity index (χ0) is 23.9. The predicted molar refractivity (Wildman–Crippen MR) is 135 cm³/mol. The zero-order valence-electron chi connectivity index (χ0n) is 18.8. The maximum absolute atomic E-state index is 11.0. The number of hydrogen-bond donors (Lipinski definition) is 4. The van der Waals surface area contributed by atoms with E-state index in [1.807, 2.05) is 49.4 Å². The minimum atomic E-state index is -1.13. The highest BCUT2D eigenvalue weighted by atomic mass is 16.4. The third-order valence-electron chi connectivity index (χ3n) is 5.19. The first-order chi connectivity index (χ1) is 16.5. The molecular formula is C26H26N6O2. The normalized spacial score (nSPS) is 10.5. The molecule has 4 rings (SSSR count). The number of carbonyl (C=O) groups is 1. The second-order valence-corrected chi connectivity index (χ2v) is 7.93. The minimum Gasteiger partial charge on any atom is -0.465 e. The van der Waals surface area contributed by atoms with Crippen molar-refractivity contribution < 1.29 is 9.90 Å². The van der Waals surface area contributed by atoms with Gasteiger partial charge in [0, 0.05) is 24.5 Å². The van der Waals surface area contributed by atoms with E-state index in [9.17, 15) is 4.79 Å². The van der Waals surface area contributed by atoms with Gasteiger partial charge in [-0.3, -0.25) is 5.32 Å². The van der Waals surface area contributed by atoms with E-state index < -0.39 is 6.09 Å². The van der Waals surface area contributed by atoms with Crippen LogP contribution >= 0.6 is 0 Å². The molecule has 34 heavy (non-hydrogen) atoms. The zero-order valence-corrected chi connectivity index (χ0v) is 18.8. The molecule has 0 atom stereocenters. The van der Waals surface area contributed by atoms with Crippen LogP contribution in [0.15, 0.2) is 85.2 Å². The molecular weight excluding hydrogens is 428 g/mol. The lowest BCUT2D eigenvalue weighted by Crippen LogP contribution is -2.24. The van der Waals surface area contributed by atoms with E-state index in [1.54, 1.807) is 12.1 Å². The summed E-state index contributed by atoms with van der Waals surface area (Å²) in [6.45, 7) is 3.12. The molecule has 0 saturated carbocycles. The largest absolute Gasteiger partial charge is 0.465 e. The number of nitrogens with one attached hydrogen (secondary N) is 2. The molecule has 1 aromatic heterocycles. The molecule has 0 aliphatic heterocycles. The summed E-state index contributed by atoms with van der Waals surface area (Å²) in [7, 11) is 0. The molecule has 0 fully saturated rings. The third kappa shape index (κ3) is 5.80. The molecule has 1 amide bonds. The Balaban J connectivity index is 1.66. The number of anilines is 5. The maximum Gasteiger partial charge on any atom is 0.409 e. The van der Waals surface area contributed by atoms with Gasteiger partial charge in [-0.15, -0.1) is 0 Å². The molecule has 5 N–H and O–H groups in total. The Hall–Kier alpha value is -4.59. The molecule has 0 radical (unpaired) electrons. The van der Waals surface area contributed by atoms with Crippen LogP contribution in [0.1, 0.15) is 16.7 Å². The number of benzene rings is 3. The van der Waals surface area contributed by atoms with Crippen LogP contribution in [0.3, 0.4) is 0 Å². The fraction of sp³-hybridized carbons (Fsp3) is 0.115. The molecule has 3 aromatic carbocycles. The fourth-order valence-electron chi connectivity index (χ4n) is 3.74. The van der Waals surface area contributed by atoms with Crippen molar-refractivity contribution in [3.63, 3.8) is 0 Å². The first kappa shape index (κ1) is 22.6. The molecule has 0 aliphatic carbocycles. The molecule has 8 nitrogen and oxygen atoms in total. The van der Waals surface area contributed by atoms with Gasteiger partial charge in [-0.1, -0.05) is 60.7 Å². The number of hydrogen-bond acceptors (Lipinski definition) is 6. The monoisotopic (exact) mass is 454 g/mol. The van der Waals surface area contributed by atoms with E-state index in [0.717, 1.165) is 16.7 Å². The number of carboxylic acid groups (broad SMARTS) is 1. The lowest BCUT2D eigenvalue weighted by Gasteiger charge is -2.26. The smallest absolute Gasteiger partial charge is 0.409 e. The quantitative estimate of drug-likeness (QED) is 0.281. The molecule has 4 aromatic rings. The van der Waals surface area contributed by atoms with E-state index in [0.29, 0.717) is 41.8 Å². The van der Waals surface area contributed by atoms with Crippen molar-refractivity contribution >= 4 is 34.8 Å². The number of amides is 1. The van der Waals surface area contributed by atoms with E-state index in [2.05, 4.69) is 49.8 Å². The number of rotatable bonds is 8. The van der Waals surface area contributed by atoms with Gasteiger partial charge < -0.3 is 21.1 Å². The molecule has 8 heteroatoms. The van der Waals surface area contributed by atoms with Gasteiger partial charge in [-0.2, -0.15) is 0 Å². The molecule has 0 spiro atoms. The van der Waals surface area contributed by atoms with Crippen molar-refractivity contribution in [2.45, 2.75) is 20.0 Å².